The quantitative estimate of drug-likeness (QED) is 0.607. The van der Waals surface area contributed by atoms with Gasteiger partial charge in [-0.25, -0.2) is 9.37 Å². The lowest BCUT2D eigenvalue weighted by Crippen LogP contribution is -2.27. The van der Waals surface area contributed by atoms with Crippen LogP contribution in [0.5, 0.6) is 0 Å². The van der Waals surface area contributed by atoms with Gasteiger partial charge in [-0.2, -0.15) is 0 Å². The summed E-state index contributed by atoms with van der Waals surface area (Å²) in [4.78, 5) is 19.7. The van der Waals surface area contributed by atoms with E-state index >= 15 is 0 Å². The summed E-state index contributed by atoms with van der Waals surface area (Å²) in [6, 6.07) is 14.1. The van der Waals surface area contributed by atoms with Crippen LogP contribution in [0.15, 0.2) is 54.7 Å². The highest BCUT2D eigenvalue weighted by Gasteiger charge is 2.08. The van der Waals surface area contributed by atoms with E-state index in [0.717, 1.165) is 16.4 Å². The van der Waals surface area contributed by atoms with E-state index in [9.17, 15) is 9.18 Å². The lowest BCUT2D eigenvalue weighted by molar-refractivity contribution is -0.121. The standard InChI is InChI=1S/C18H15FN4O/c19-13-6-5-12-7-8-23(16(12)9-13)11-18(24)20-10-17-21-14-3-1-2-4-15(14)22-17/h1-9H,10-11H2,(H,20,24)(H,21,22). The molecule has 0 atom stereocenters. The number of hydrogen-bond acceptors (Lipinski definition) is 2. The number of halogens is 1. The van der Waals surface area contributed by atoms with Gasteiger partial charge in [0.2, 0.25) is 5.91 Å². The van der Waals surface area contributed by atoms with E-state index in [1.807, 2.05) is 30.3 Å². The molecule has 0 saturated carbocycles. The number of aromatic nitrogens is 3. The fourth-order valence-corrected chi connectivity index (χ4v) is 2.78. The zero-order chi connectivity index (χ0) is 16.5. The third-order valence-electron chi connectivity index (χ3n) is 3.94. The molecule has 0 radical (unpaired) electrons. The normalized spacial score (nSPS) is 11.2. The van der Waals surface area contributed by atoms with Crippen molar-refractivity contribution >= 4 is 27.8 Å². The van der Waals surface area contributed by atoms with Gasteiger partial charge in [-0.1, -0.05) is 12.1 Å². The van der Waals surface area contributed by atoms with Crippen molar-refractivity contribution in [1.29, 1.82) is 0 Å². The molecule has 4 rings (SSSR count). The number of aromatic amines is 1. The maximum Gasteiger partial charge on any atom is 0.240 e. The summed E-state index contributed by atoms with van der Waals surface area (Å²) in [5.74, 6) is 0.232. The first-order chi connectivity index (χ1) is 11.7. The highest BCUT2D eigenvalue weighted by Crippen LogP contribution is 2.17. The second-order valence-electron chi connectivity index (χ2n) is 5.62. The van der Waals surface area contributed by atoms with Crippen LogP contribution < -0.4 is 5.32 Å². The van der Waals surface area contributed by atoms with Gasteiger partial charge in [-0.15, -0.1) is 0 Å². The number of benzene rings is 2. The average Bonchev–Trinajstić information content (AvgIpc) is 3.17. The predicted molar refractivity (Wildman–Crippen MR) is 89.8 cm³/mol. The molecule has 1 amide bonds. The Labute approximate surface area is 137 Å². The van der Waals surface area contributed by atoms with Crippen LogP contribution in [0, 0.1) is 5.82 Å². The largest absolute Gasteiger partial charge is 0.347 e. The Kier molecular flexibility index (Phi) is 3.49. The molecule has 2 heterocycles. The minimum absolute atomic E-state index is 0.132. The Balaban J connectivity index is 1.45. The summed E-state index contributed by atoms with van der Waals surface area (Å²) in [5, 5.41) is 3.73. The highest BCUT2D eigenvalue weighted by molar-refractivity contribution is 5.83. The first-order valence-corrected chi connectivity index (χ1v) is 7.64. The van der Waals surface area contributed by atoms with Crippen molar-refractivity contribution in [2.75, 3.05) is 0 Å². The maximum absolute atomic E-state index is 13.4. The molecule has 0 aliphatic carbocycles. The molecule has 2 aromatic heterocycles. The van der Waals surface area contributed by atoms with Crippen LogP contribution in [0.1, 0.15) is 5.82 Å². The van der Waals surface area contributed by atoms with Gasteiger partial charge in [-0.3, -0.25) is 4.79 Å². The van der Waals surface area contributed by atoms with Gasteiger partial charge in [0.05, 0.1) is 23.1 Å². The van der Waals surface area contributed by atoms with Gasteiger partial charge in [-0.05, 0) is 41.8 Å². The Morgan fingerprint density at radius 3 is 2.96 bits per heavy atom. The van der Waals surface area contributed by atoms with E-state index in [0.29, 0.717) is 17.9 Å². The molecular weight excluding hydrogens is 307 g/mol. The second kappa shape index (κ2) is 5.81. The van der Waals surface area contributed by atoms with Gasteiger partial charge in [0, 0.05) is 6.20 Å². The van der Waals surface area contributed by atoms with E-state index in [1.165, 1.54) is 12.1 Å². The Morgan fingerprint density at radius 2 is 2.08 bits per heavy atom. The number of imidazole rings is 1. The number of carbonyl (C=O) groups is 1. The van der Waals surface area contributed by atoms with Crippen molar-refractivity contribution < 1.29 is 9.18 Å². The zero-order valence-corrected chi connectivity index (χ0v) is 12.8. The lowest BCUT2D eigenvalue weighted by atomic mass is 10.2. The number of hydrogen-bond donors (Lipinski definition) is 2. The first kappa shape index (κ1) is 14.4. The molecule has 5 nitrogen and oxygen atoms in total. The van der Waals surface area contributed by atoms with Crippen LogP contribution in [-0.4, -0.2) is 20.4 Å². The van der Waals surface area contributed by atoms with Crippen molar-refractivity contribution in [2.24, 2.45) is 0 Å². The van der Waals surface area contributed by atoms with Crippen LogP contribution in [-0.2, 0) is 17.9 Å². The topological polar surface area (TPSA) is 62.7 Å². The number of para-hydroxylation sites is 2. The maximum atomic E-state index is 13.4. The van der Waals surface area contributed by atoms with Gasteiger partial charge < -0.3 is 14.9 Å². The molecule has 4 aromatic rings. The molecule has 6 heteroatoms. The van der Waals surface area contributed by atoms with Gasteiger partial charge in [0.25, 0.3) is 0 Å². The molecule has 0 aliphatic heterocycles. The Hall–Kier alpha value is -3.15. The van der Waals surface area contributed by atoms with Gasteiger partial charge in [0.15, 0.2) is 0 Å². The van der Waals surface area contributed by atoms with E-state index in [-0.39, 0.29) is 18.3 Å². The van der Waals surface area contributed by atoms with E-state index < -0.39 is 0 Å². The van der Waals surface area contributed by atoms with Crippen LogP contribution in [0.3, 0.4) is 0 Å². The second-order valence-corrected chi connectivity index (χ2v) is 5.62. The fourth-order valence-electron chi connectivity index (χ4n) is 2.78. The summed E-state index contributed by atoms with van der Waals surface area (Å²) in [5.41, 5.74) is 2.51. The van der Waals surface area contributed by atoms with E-state index in [2.05, 4.69) is 15.3 Å². The molecule has 0 spiro atoms. The number of nitrogens with one attached hydrogen (secondary N) is 2. The smallest absolute Gasteiger partial charge is 0.240 e. The Bertz CT molecular complexity index is 1000. The molecule has 24 heavy (non-hydrogen) atoms. The van der Waals surface area contributed by atoms with Crippen LogP contribution in [0.4, 0.5) is 4.39 Å². The molecule has 2 aromatic carbocycles. The molecule has 0 saturated heterocycles. The minimum atomic E-state index is -0.315. The number of H-pyrrole nitrogens is 1. The molecule has 0 unspecified atom stereocenters. The minimum Gasteiger partial charge on any atom is -0.347 e. The summed E-state index contributed by atoms with van der Waals surface area (Å²) >= 11 is 0. The van der Waals surface area contributed by atoms with Crippen molar-refractivity contribution in [3.63, 3.8) is 0 Å². The number of rotatable bonds is 4. The summed E-state index contributed by atoms with van der Waals surface area (Å²) in [7, 11) is 0. The zero-order valence-electron chi connectivity index (χ0n) is 12.8. The summed E-state index contributed by atoms with van der Waals surface area (Å²) < 4.78 is 15.1. The predicted octanol–water partition coefficient (Wildman–Crippen LogP) is 2.97. The molecule has 2 N–H and O–H groups in total. The molecule has 0 aliphatic rings. The van der Waals surface area contributed by atoms with E-state index in [4.69, 9.17) is 0 Å². The number of carbonyl (C=O) groups excluding carboxylic acids is 1. The van der Waals surface area contributed by atoms with Crippen molar-refractivity contribution in [1.82, 2.24) is 19.9 Å². The molecule has 0 fully saturated rings. The van der Waals surface area contributed by atoms with Gasteiger partial charge in [0.1, 0.15) is 18.2 Å². The van der Waals surface area contributed by atoms with Crippen molar-refractivity contribution in [2.45, 2.75) is 13.1 Å². The number of amides is 1. The van der Waals surface area contributed by atoms with Gasteiger partial charge >= 0.3 is 0 Å². The third kappa shape index (κ3) is 2.74. The van der Waals surface area contributed by atoms with Crippen LogP contribution in [0.25, 0.3) is 21.9 Å². The fraction of sp³-hybridized carbons (Fsp3) is 0.111. The SMILES string of the molecule is O=C(Cn1ccc2ccc(F)cc21)NCc1nc2ccccc2[nH]1. The third-order valence-corrected chi connectivity index (χ3v) is 3.94. The summed E-state index contributed by atoms with van der Waals surface area (Å²) in [6.45, 7) is 0.453. The number of nitrogens with zero attached hydrogens (tertiary/aromatic N) is 2. The molecular formula is C18H15FN4O. The monoisotopic (exact) mass is 322 g/mol. The highest BCUT2D eigenvalue weighted by atomic mass is 19.1. The van der Waals surface area contributed by atoms with Crippen LogP contribution in [0.2, 0.25) is 0 Å². The first-order valence-electron chi connectivity index (χ1n) is 7.64. The lowest BCUT2D eigenvalue weighted by Gasteiger charge is -2.06. The molecule has 120 valence electrons. The van der Waals surface area contributed by atoms with Crippen molar-refractivity contribution in [3.8, 4) is 0 Å². The molecule has 0 bridgehead atoms. The van der Waals surface area contributed by atoms with E-state index in [1.54, 1.807) is 16.8 Å². The average molecular weight is 322 g/mol. The van der Waals surface area contributed by atoms with Crippen LogP contribution >= 0.6 is 0 Å². The number of fused-ring (bicyclic) bond motifs is 2. The Morgan fingerprint density at radius 1 is 1.21 bits per heavy atom. The van der Waals surface area contributed by atoms with Crippen molar-refractivity contribution in [3.05, 3.63) is 66.4 Å². The summed E-state index contributed by atoms with van der Waals surface area (Å²) in [6.07, 6.45) is 1.78.